The van der Waals surface area contributed by atoms with Gasteiger partial charge < -0.3 is 10.1 Å². The van der Waals surface area contributed by atoms with Crippen LogP contribution in [0.25, 0.3) is 0 Å². The highest BCUT2D eigenvalue weighted by Crippen LogP contribution is 2.33. The fourth-order valence-corrected chi connectivity index (χ4v) is 2.31. The summed E-state index contributed by atoms with van der Waals surface area (Å²) in [5, 5.41) is 3.34. The molecule has 1 aliphatic rings. The zero-order chi connectivity index (χ0) is 14.8. The van der Waals surface area contributed by atoms with Crippen molar-refractivity contribution in [1.82, 2.24) is 4.90 Å². The summed E-state index contributed by atoms with van der Waals surface area (Å²) in [6.45, 7) is 11.2. The summed E-state index contributed by atoms with van der Waals surface area (Å²) < 4.78 is 5.89. The minimum atomic E-state index is -0.209. The third-order valence-electron chi connectivity index (χ3n) is 3.65. The van der Waals surface area contributed by atoms with E-state index in [1.54, 1.807) is 0 Å². The summed E-state index contributed by atoms with van der Waals surface area (Å²) in [5.74, 6) is 0.976. The number of nitrogens with one attached hydrogen (secondary N) is 1. The molecule has 0 radical (unpaired) electrons. The van der Waals surface area contributed by atoms with Gasteiger partial charge in [0.1, 0.15) is 11.4 Å². The smallest absolute Gasteiger partial charge is 0.176 e. The summed E-state index contributed by atoms with van der Waals surface area (Å²) >= 11 is 0. The highest BCUT2D eigenvalue weighted by Gasteiger charge is 2.26. The van der Waals surface area contributed by atoms with E-state index < -0.39 is 0 Å². The molecule has 0 fully saturated rings. The van der Waals surface area contributed by atoms with Crippen molar-refractivity contribution in [2.24, 2.45) is 0 Å². The lowest BCUT2D eigenvalue weighted by molar-refractivity contribution is 0.0937. The maximum atomic E-state index is 12.3. The van der Waals surface area contributed by atoms with E-state index in [9.17, 15) is 4.79 Å². The second kappa shape index (κ2) is 5.83. The molecule has 4 nitrogen and oxygen atoms in total. The Balaban J connectivity index is 2.14. The highest BCUT2D eigenvalue weighted by atomic mass is 16.5. The first kappa shape index (κ1) is 14.9. The number of carbonyl (C=O) groups excluding carboxylic acids is 1. The van der Waals surface area contributed by atoms with Crippen molar-refractivity contribution in [3.63, 3.8) is 0 Å². The lowest BCUT2D eigenvalue weighted by Gasteiger charge is -2.33. The number of benzene rings is 1. The second-order valence-corrected chi connectivity index (χ2v) is 5.81. The van der Waals surface area contributed by atoms with Crippen LogP contribution in [0.15, 0.2) is 18.2 Å². The Bertz CT molecular complexity index is 493. The van der Waals surface area contributed by atoms with Gasteiger partial charge in [-0.3, -0.25) is 9.69 Å². The van der Waals surface area contributed by atoms with Crippen LogP contribution in [-0.2, 0) is 0 Å². The van der Waals surface area contributed by atoms with Gasteiger partial charge in [0.05, 0.1) is 18.8 Å². The first-order valence-corrected chi connectivity index (χ1v) is 7.27. The van der Waals surface area contributed by atoms with Crippen molar-refractivity contribution in [2.75, 3.05) is 31.5 Å². The fraction of sp³-hybridized carbons (Fsp3) is 0.562. The molecule has 1 aromatic carbocycles. The molecular weight excluding hydrogens is 252 g/mol. The van der Waals surface area contributed by atoms with E-state index in [-0.39, 0.29) is 11.4 Å². The van der Waals surface area contributed by atoms with Crippen LogP contribution in [-0.4, -0.2) is 42.5 Å². The molecule has 1 heterocycles. The predicted molar refractivity (Wildman–Crippen MR) is 81.8 cm³/mol. The van der Waals surface area contributed by atoms with E-state index in [1.165, 1.54) is 0 Å². The third kappa shape index (κ3) is 3.31. The number of Topliss-reactive ketones (excluding diaryl/α,β-unsaturated/α-hetero) is 1. The molecular formula is C16H24N2O2. The molecule has 1 aromatic rings. The van der Waals surface area contributed by atoms with Crippen molar-refractivity contribution < 1.29 is 9.53 Å². The number of nitrogens with zero attached hydrogens (tertiary/aromatic N) is 1. The minimum absolute atomic E-state index is 0.156. The van der Waals surface area contributed by atoms with Gasteiger partial charge in [-0.05, 0) is 45.1 Å². The summed E-state index contributed by atoms with van der Waals surface area (Å²) in [7, 11) is 0. The van der Waals surface area contributed by atoms with E-state index in [4.69, 9.17) is 4.74 Å². The number of fused-ring (bicyclic) bond motifs is 1. The van der Waals surface area contributed by atoms with Crippen molar-refractivity contribution >= 4 is 11.5 Å². The molecule has 0 spiro atoms. The van der Waals surface area contributed by atoms with Crippen LogP contribution in [0.1, 0.15) is 38.1 Å². The van der Waals surface area contributed by atoms with Crippen LogP contribution < -0.4 is 10.1 Å². The minimum Gasteiger partial charge on any atom is -0.484 e. The van der Waals surface area contributed by atoms with Crippen LogP contribution >= 0.6 is 0 Å². The van der Waals surface area contributed by atoms with Crippen molar-refractivity contribution in [3.05, 3.63) is 23.8 Å². The topological polar surface area (TPSA) is 41.6 Å². The highest BCUT2D eigenvalue weighted by molar-refractivity contribution is 5.98. The number of likely N-dealkylation sites (N-methyl/N-ethyl adjacent to an activating group) is 1. The standard InChI is InChI=1S/C16H24N2O2/c1-5-18(6-2)10-14(19)12-7-8-15-13(9-12)17-11-16(3,4)20-15/h7-9,17H,5-6,10-11H2,1-4H3. The lowest BCUT2D eigenvalue weighted by atomic mass is 10.0. The van der Waals surface area contributed by atoms with Gasteiger partial charge in [0.2, 0.25) is 0 Å². The number of hydrogen-bond donors (Lipinski definition) is 1. The summed E-state index contributed by atoms with van der Waals surface area (Å²) in [4.78, 5) is 14.4. The largest absolute Gasteiger partial charge is 0.484 e. The number of rotatable bonds is 5. The van der Waals surface area contributed by atoms with Crippen LogP contribution in [0.5, 0.6) is 5.75 Å². The van der Waals surface area contributed by atoms with Gasteiger partial charge in [0.25, 0.3) is 0 Å². The van der Waals surface area contributed by atoms with E-state index in [0.717, 1.165) is 36.6 Å². The Hall–Kier alpha value is -1.55. The third-order valence-corrected chi connectivity index (χ3v) is 3.65. The fourth-order valence-electron chi connectivity index (χ4n) is 2.31. The number of ketones is 1. The van der Waals surface area contributed by atoms with Gasteiger partial charge in [-0.25, -0.2) is 0 Å². The molecule has 0 bridgehead atoms. The van der Waals surface area contributed by atoms with Gasteiger partial charge in [0, 0.05) is 5.56 Å². The molecule has 1 aliphatic heterocycles. The Morgan fingerprint density at radius 2 is 2.05 bits per heavy atom. The number of carbonyl (C=O) groups is 1. The Kier molecular flexibility index (Phi) is 4.33. The average molecular weight is 276 g/mol. The van der Waals surface area contributed by atoms with Gasteiger partial charge in [0.15, 0.2) is 5.78 Å². The van der Waals surface area contributed by atoms with Crippen molar-refractivity contribution in [2.45, 2.75) is 33.3 Å². The van der Waals surface area contributed by atoms with Gasteiger partial charge in [-0.1, -0.05) is 13.8 Å². The molecule has 20 heavy (non-hydrogen) atoms. The Morgan fingerprint density at radius 1 is 1.35 bits per heavy atom. The predicted octanol–water partition coefficient (Wildman–Crippen LogP) is 2.79. The molecule has 0 aliphatic carbocycles. The molecule has 110 valence electrons. The number of hydrogen-bond acceptors (Lipinski definition) is 4. The molecule has 0 unspecified atom stereocenters. The molecule has 1 N–H and O–H groups in total. The van der Waals surface area contributed by atoms with Gasteiger partial charge >= 0.3 is 0 Å². The van der Waals surface area contributed by atoms with Crippen LogP contribution in [0.2, 0.25) is 0 Å². The first-order chi connectivity index (χ1) is 9.45. The summed E-state index contributed by atoms with van der Waals surface area (Å²) in [6, 6.07) is 5.64. The van der Waals surface area contributed by atoms with E-state index in [2.05, 4.69) is 24.1 Å². The molecule has 0 aromatic heterocycles. The van der Waals surface area contributed by atoms with E-state index >= 15 is 0 Å². The van der Waals surface area contributed by atoms with Crippen molar-refractivity contribution in [1.29, 1.82) is 0 Å². The zero-order valence-electron chi connectivity index (χ0n) is 12.8. The normalized spacial score (nSPS) is 16.2. The molecule has 2 rings (SSSR count). The first-order valence-electron chi connectivity index (χ1n) is 7.27. The molecule has 4 heteroatoms. The monoisotopic (exact) mass is 276 g/mol. The quantitative estimate of drug-likeness (QED) is 0.840. The lowest BCUT2D eigenvalue weighted by Crippen LogP contribution is -2.40. The maximum absolute atomic E-state index is 12.3. The van der Waals surface area contributed by atoms with Crippen LogP contribution in [0.4, 0.5) is 5.69 Å². The van der Waals surface area contributed by atoms with Gasteiger partial charge in [-0.2, -0.15) is 0 Å². The maximum Gasteiger partial charge on any atom is 0.176 e. The molecule has 0 saturated carbocycles. The van der Waals surface area contributed by atoms with Crippen LogP contribution in [0, 0.1) is 0 Å². The van der Waals surface area contributed by atoms with E-state index in [0.29, 0.717) is 6.54 Å². The Labute approximate surface area is 121 Å². The van der Waals surface area contributed by atoms with Gasteiger partial charge in [-0.15, -0.1) is 0 Å². The number of anilines is 1. The average Bonchev–Trinajstić information content (AvgIpc) is 2.43. The molecule has 0 saturated heterocycles. The SMILES string of the molecule is CCN(CC)CC(=O)c1ccc2c(c1)NCC(C)(C)O2. The van der Waals surface area contributed by atoms with Crippen LogP contribution in [0.3, 0.4) is 0 Å². The molecule has 0 atom stereocenters. The number of ether oxygens (including phenoxy) is 1. The van der Waals surface area contributed by atoms with E-state index in [1.807, 2.05) is 32.0 Å². The summed E-state index contributed by atoms with van der Waals surface area (Å²) in [6.07, 6.45) is 0. The second-order valence-electron chi connectivity index (χ2n) is 5.81. The van der Waals surface area contributed by atoms with Crippen molar-refractivity contribution in [3.8, 4) is 5.75 Å². The zero-order valence-corrected chi connectivity index (χ0v) is 12.8. The summed E-state index contributed by atoms with van der Waals surface area (Å²) in [5.41, 5.74) is 1.45. The molecule has 0 amide bonds. The Morgan fingerprint density at radius 3 is 2.70 bits per heavy atom.